The van der Waals surface area contributed by atoms with Crippen molar-refractivity contribution in [3.8, 4) is 11.5 Å². The van der Waals surface area contributed by atoms with E-state index in [1.165, 1.54) is 0 Å². The maximum Gasteiger partial charge on any atom is 0.164 e. The third-order valence-corrected chi connectivity index (χ3v) is 3.53. The molecule has 0 aromatic heterocycles. The number of benzene rings is 1. The summed E-state index contributed by atoms with van der Waals surface area (Å²) in [6, 6.07) is 5.83. The Bertz CT molecular complexity index is 381. The van der Waals surface area contributed by atoms with Crippen molar-refractivity contribution in [1.29, 1.82) is 0 Å². The smallest absolute Gasteiger partial charge is 0.164 e. The lowest BCUT2D eigenvalue weighted by Gasteiger charge is -2.22. The minimum Gasteiger partial charge on any atom is -0.493 e. The van der Waals surface area contributed by atoms with Gasteiger partial charge in [-0.2, -0.15) is 0 Å². The van der Waals surface area contributed by atoms with E-state index in [0.717, 1.165) is 29.9 Å². The summed E-state index contributed by atoms with van der Waals surface area (Å²) >= 11 is 0. The van der Waals surface area contributed by atoms with E-state index in [0.29, 0.717) is 0 Å². The minimum atomic E-state index is -0.353. The number of para-hydroxylation sites is 1. The fraction of sp³-hybridized carbons (Fsp3) is 0.538. The molecule has 1 unspecified atom stereocenters. The average Bonchev–Trinajstić information content (AvgIpc) is 3.09. The fourth-order valence-corrected chi connectivity index (χ4v) is 2.33. The molecule has 0 bridgehead atoms. The quantitative estimate of drug-likeness (QED) is 0.848. The van der Waals surface area contributed by atoms with Gasteiger partial charge in [0.15, 0.2) is 11.5 Å². The van der Waals surface area contributed by atoms with Gasteiger partial charge in [-0.1, -0.05) is 12.1 Å². The first-order valence-electron chi connectivity index (χ1n) is 5.55. The summed E-state index contributed by atoms with van der Waals surface area (Å²) in [5, 5.41) is 9.88. The summed E-state index contributed by atoms with van der Waals surface area (Å²) in [5.41, 5.74) is 0.934. The highest BCUT2D eigenvalue weighted by molar-refractivity contribution is 5.52. The molecule has 1 N–H and O–H groups in total. The van der Waals surface area contributed by atoms with Gasteiger partial charge in [-0.05, 0) is 25.8 Å². The number of ether oxygens (including phenoxy) is 2. The molecule has 88 valence electrons. The minimum absolute atomic E-state index is 0.125. The van der Waals surface area contributed by atoms with Crippen molar-refractivity contribution in [1.82, 2.24) is 0 Å². The van der Waals surface area contributed by atoms with Crippen molar-refractivity contribution >= 4 is 0 Å². The second-order valence-electron chi connectivity index (χ2n) is 4.37. The summed E-state index contributed by atoms with van der Waals surface area (Å²) in [6.45, 7) is 1.84. The van der Waals surface area contributed by atoms with E-state index >= 15 is 0 Å². The molecule has 3 nitrogen and oxygen atoms in total. The zero-order chi connectivity index (χ0) is 11.8. The molecule has 1 saturated carbocycles. The van der Waals surface area contributed by atoms with Gasteiger partial charge in [0.25, 0.3) is 0 Å². The second-order valence-corrected chi connectivity index (χ2v) is 4.37. The largest absolute Gasteiger partial charge is 0.493 e. The molecule has 1 aliphatic rings. The molecule has 1 aromatic carbocycles. The van der Waals surface area contributed by atoms with Crippen LogP contribution in [0.15, 0.2) is 18.2 Å². The Labute approximate surface area is 96.0 Å². The van der Waals surface area contributed by atoms with Crippen molar-refractivity contribution in [2.75, 3.05) is 14.2 Å². The fourth-order valence-electron chi connectivity index (χ4n) is 2.33. The summed E-state index contributed by atoms with van der Waals surface area (Å²) in [6.07, 6.45) is 1.66. The maximum absolute atomic E-state index is 9.88. The zero-order valence-electron chi connectivity index (χ0n) is 9.99. The molecule has 1 aromatic rings. The predicted octanol–water partition coefficient (Wildman–Crippen LogP) is 2.12. The molecule has 16 heavy (non-hydrogen) atoms. The lowest BCUT2D eigenvalue weighted by atomic mass is 9.90. The molecule has 1 fully saturated rings. The standard InChI is InChI=1S/C13H18O3/c1-9(14)13(7-8-13)10-5-4-6-11(15-2)12(10)16-3/h4-6,9,14H,7-8H2,1-3H3. The van der Waals surface area contributed by atoms with Gasteiger partial charge in [0.05, 0.1) is 20.3 Å². The first-order chi connectivity index (χ1) is 7.65. The molecule has 0 spiro atoms. The van der Waals surface area contributed by atoms with Crippen LogP contribution in [0.3, 0.4) is 0 Å². The van der Waals surface area contributed by atoms with E-state index in [2.05, 4.69) is 0 Å². The number of hydrogen-bond acceptors (Lipinski definition) is 3. The maximum atomic E-state index is 9.88. The third-order valence-electron chi connectivity index (χ3n) is 3.53. The van der Waals surface area contributed by atoms with Crippen LogP contribution in [0.5, 0.6) is 11.5 Å². The molecule has 3 heteroatoms. The molecular weight excluding hydrogens is 204 g/mol. The van der Waals surface area contributed by atoms with E-state index in [1.54, 1.807) is 14.2 Å². The van der Waals surface area contributed by atoms with Crippen molar-refractivity contribution in [3.05, 3.63) is 23.8 Å². The van der Waals surface area contributed by atoms with Crippen LogP contribution in [0.4, 0.5) is 0 Å². The summed E-state index contributed by atoms with van der Waals surface area (Å²) < 4.78 is 10.7. The van der Waals surface area contributed by atoms with Gasteiger partial charge in [0.2, 0.25) is 0 Å². The summed E-state index contributed by atoms with van der Waals surface area (Å²) in [7, 11) is 3.27. The Morgan fingerprint density at radius 3 is 2.38 bits per heavy atom. The van der Waals surface area contributed by atoms with Crippen LogP contribution in [0.25, 0.3) is 0 Å². The molecule has 0 heterocycles. The number of rotatable bonds is 4. The highest BCUT2D eigenvalue weighted by Crippen LogP contribution is 2.55. The SMILES string of the molecule is COc1cccc(C2(C(C)O)CC2)c1OC. The van der Waals surface area contributed by atoms with Gasteiger partial charge in [0, 0.05) is 11.0 Å². The Morgan fingerprint density at radius 2 is 1.94 bits per heavy atom. The third kappa shape index (κ3) is 1.55. The molecule has 0 amide bonds. The van der Waals surface area contributed by atoms with Crippen LogP contribution in [0.1, 0.15) is 25.3 Å². The Balaban J connectivity index is 2.49. The van der Waals surface area contributed by atoms with Gasteiger partial charge in [-0.3, -0.25) is 0 Å². The predicted molar refractivity (Wildman–Crippen MR) is 62.1 cm³/mol. The van der Waals surface area contributed by atoms with Gasteiger partial charge >= 0.3 is 0 Å². The molecular formula is C13H18O3. The highest BCUT2D eigenvalue weighted by atomic mass is 16.5. The molecule has 0 aliphatic heterocycles. The van der Waals surface area contributed by atoms with Crippen LogP contribution < -0.4 is 9.47 Å². The average molecular weight is 222 g/mol. The molecule has 1 aliphatic carbocycles. The molecule has 0 saturated heterocycles. The zero-order valence-corrected chi connectivity index (χ0v) is 9.99. The van der Waals surface area contributed by atoms with Crippen LogP contribution in [0.2, 0.25) is 0 Å². The van der Waals surface area contributed by atoms with E-state index in [-0.39, 0.29) is 11.5 Å². The van der Waals surface area contributed by atoms with Crippen LogP contribution in [0, 0.1) is 0 Å². The van der Waals surface area contributed by atoms with Crippen LogP contribution >= 0.6 is 0 Å². The van der Waals surface area contributed by atoms with Gasteiger partial charge in [0.1, 0.15) is 0 Å². The normalized spacial score (nSPS) is 19.0. The van der Waals surface area contributed by atoms with Crippen molar-refractivity contribution in [3.63, 3.8) is 0 Å². The number of hydrogen-bond donors (Lipinski definition) is 1. The Hall–Kier alpha value is -1.22. The number of aliphatic hydroxyl groups excluding tert-OH is 1. The monoisotopic (exact) mass is 222 g/mol. The first kappa shape index (κ1) is 11.3. The lowest BCUT2D eigenvalue weighted by Crippen LogP contribution is -2.23. The second kappa shape index (κ2) is 3.98. The highest BCUT2D eigenvalue weighted by Gasteiger charge is 2.50. The summed E-state index contributed by atoms with van der Waals surface area (Å²) in [5.74, 6) is 1.48. The first-order valence-corrected chi connectivity index (χ1v) is 5.55. The number of aliphatic hydroxyl groups is 1. The van der Waals surface area contributed by atoms with Gasteiger partial charge in [-0.25, -0.2) is 0 Å². The molecule has 0 radical (unpaired) electrons. The van der Waals surface area contributed by atoms with E-state index in [9.17, 15) is 5.11 Å². The number of methoxy groups -OCH3 is 2. The topological polar surface area (TPSA) is 38.7 Å². The van der Waals surface area contributed by atoms with E-state index in [4.69, 9.17) is 9.47 Å². The molecule has 2 rings (SSSR count). The van der Waals surface area contributed by atoms with Crippen LogP contribution in [-0.4, -0.2) is 25.4 Å². The van der Waals surface area contributed by atoms with Gasteiger partial charge < -0.3 is 14.6 Å². The Morgan fingerprint density at radius 1 is 1.25 bits per heavy atom. The van der Waals surface area contributed by atoms with Crippen LogP contribution in [-0.2, 0) is 5.41 Å². The molecule has 1 atom stereocenters. The summed E-state index contributed by atoms with van der Waals surface area (Å²) in [4.78, 5) is 0. The van der Waals surface area contributed by atoms with E-state index in [1.807, 2.05) is 25.1 Å². The van der Waals surface area contributed by atoms with Crippen molar-refractivity contribution < 1.29 is 14.6 Å². The van der Waals surface area contributed by atoms with E-state index < -0.39 is 0 Å². The lowest BCUT2D eigenvalue weighted by molar-refractivity contribution is 0.148. The van der Waals surface area contributed by atoms with Gasteiger partial charge in [-0.15, -0.1) is 0 Å². The Kier molecular flexibility index (Phi) is 2.80. The van der Waals surface area contributed by atoms with Crippen molar-refractivity contribution in [2.24, 2.45) is 0 Å². The van der Waals surface area contributed by atoms with Crippen molar-refractivity contribution in [2.45, 2.75) is 31.3 Å².